The van der Waals surface area contributed by atoms with Gasteiger partial charge in [-0.25, -0.2) is 0 Å². The summed E-state index contributed by atoms with van der Waals surface area (Å²) in [5, 5.41) is 3.76. The lowest BCUT2D eigenvalue weighted by molar-refractivity contribution is 0.176. The predicted octanol–water partition coefficient (Wildman–Crippen LogP) is 2.80. The highest BCUT2D eigenvalue weighted by Gasteiger charge is 1.90. The molecule has 1 rings (SSSR count). The Kier molecular flexibility index (Phi) is 5.33. The second-order valence-electron chi connectivity index (χ2n) is 2.67. The highest BCUT2D eigenvalue weighted by atomic mass is 35.5. The van der Waals surface area contributed by atoms with Crippen molar-refractivity contribution >= 4 is 17.8 Å². The molecule has 1 aromatic rings. The summed E-state index contributed by atoms with van der Waals surface area (Å²) in [7, 11) is 1.63. The van der Waals surface area contributed by atoms with E-state index in [9.17, 15) is 0 Å². The third-order valence-corrected chi connectivity index (χ3v) is 1.83. The molecule has 0 aliphatic heterocycles. The van der Waals surface area contributed by atoms with E-state index in [-0.39, 0.29) is 0 Å². The van der Waals surface area contributed by atoms with Gasteiger partial charge in [0.15, 0.2) is 0 Å². The van der Waals surface area contributed by atoms with Crippen LogP contribution in [0.4, 0.5) is 0 Å². The maximum absolute atomic E-state index is 5.30. The van der Waals surface area contributed by atoms with Crippen LogP contribution in [0.1, 0.15) is 5.56 Å². The minimum absolute atomic E-state index is 0.371. The average Bonchev–Trinajstić information content (AvgIpc) is 2.30. The number of methoxy groups -OCH3 is 1. The lowest BCUT2D eigenvalue weighted by Crippen LogP contribution is -1.86. The number of benzene rings is 1. The minimum Gasteiger partial charge on any atom is -0.497 e. The van der Waals surface area contributed by atoms with E-state index in [4.69, 9.17) is 21.2 Å². The van der Waals surface area contributed by atoms with Crippen molar-refractivity contribution in [2.45, 2.75) is 0 Å². The Morgan fingerprint density at radius 3 is 2.67 bits per heavy atom. The first kappa shape index (κ1) is 11.6. The molecule has 0 N–H and O–H groups in total. The van der Waals surface area contributed by atoms with Gasteiger partial charge < -0.3 is 9.57 Å². The van der Waals surface area contributed by atoms with Crippen LogP contribution in [0.5, 0.6) is 5.75 Å². The molecule has 0 fully saturated rings. The summed E-state index contributed by atoms with van der Waals surface area (Å²) in [6.07, 6.45) is 3.29. The first-order valence-corrected chi connectivity index (χ1v) is 4.85. The summed E-state index contributed by atoms with van der Waals surface area (Å²) in [5.74, 6) is 0.818. The summed E-state index contributed by atoms with van der Waals surface area (Å²) >= 11 is 5.30. The lowest BCUT2D eigenvalue weighted by Gasteiger charge is -1.98. The number of halogens is 1. The van der Waals surface area contributed by atoms with E-state index < -0.39 is 0 Å². The Morgan fingerprint density at radius 2 is 2.07 bits per heavy atom. The number of oxime groups is 1. The number of ether oxygens (including phenoxy) is 1. The van der Waals surface area contributed by atoms with Crippen molar-refractivity contribution in [2.75, 3.05) is 13.7 Å². The Morgan fingerprint density at radius 1 is 1.33 bits per heavy atom. The Labute approximate surface area is 93.9 Å². The molecule has 0 saturated carbocycles. The van der Waals surface area contributed by atoms with Gasteiger partial charge in [-0.1, -0.05) is 16.8 Å². The average molecular weight is 226 g/mol. The molecule has 1 aromatic carbocycles. The number of rotatable bonds is 5. The van der Waals surface area contributed by atoms with Crippen molar-refractivity contribution in [1.29, 1.82) is 0 Å². The van der Waals surface area contributed by atoms with Gasteiger partial charge in [-0.15, -0.1) is 0 Å². The van der Waals surface area contributed by atoms with Crippen molar-refractivity contribution in [1.82, 2.24) is 0 Å². The summed E-state index contributed by atoms with van der Waals surface area (Å²) < 4.78 is 5.03. The molecule has 3 nitrogen and oxygen atoms in total. The van der Waals surface area contributed by atoms with E-state index in [1.807, 2.05) is 24.3 Å². The van der Waals surface area contributed by atoms with E-state index in [0.717, 1.165) is 11.3 Å². The maximum Gasteiger partial charge on any atom is 0.136 e. The molecule has 0 unspecified atom stereocenters. The highest BCUT2D eigenvalue weighted by Crippen LogP contribution is 2.09. The quantitative estimate of drug-likeness (QED) is 0.438. The number of nitrogens with zero attached hydrogens (tertiary/aromatic N) is 1. The Bertz CT molecular complexity index is 333. The van der Waals surface area contributed by atoms with Crippen molar-refractivity contribution < 1.29 is 9.57 Å². The van der Waals surface area contributed by atoms with Crippen molar-refractivity contribution in [2.24, 2.45) is 5.16 Å². The van der Waals surface area contributed by atoms with Gasteiger partial charge >= 0.3 is 0 Å². The van der Waals surface area contributed by atoms with Gasteiger partial charge in [0, 0.05) is 5.54 Å². The first-order chi connectivity index (χ1) is 7.36. The normalized spacial score (nSPS) is 11.1. The standard InChI is InChI=1S/C11H12ClNO2/c1-14-11-5-3-10(4-6-11)9-13-15-8-2-7-12/h2-7,9H,8H2,1H3/b7-2+,13-9+. The molecule has 0 saturated heterocycles. The first-order valence-electron chi connectivity index (χ1n) is 4.41. The van der Waals surface area contributed by atoms with Crippen molar-refractivity contribution in [3.05, 3.63) is 41.4 Å². The van der Waals surface area contributed by atoms with Crippen LogP contribution in [-0.4, -0.2) is 19.9 Å². The smallest absolute Gasteiger partial charge is 0.136 e. The highest BCUT2D eigenvalue weighted by molar-refractivity contribution is 6.25. The second kappa shape index (κ2) is 6.90. The molecule has 0 aliphatic rings. The summed E-state index contributed by atoms with van der Waals surface area (Å²) in [5.41, 5.74) is 2.34. The van der Waals surface area contributed by atoms with Gasteiger partial charge in [0.1, 0.15) is 12.4 Å². The molecule has 0 bridgehead atoms. The fraction of sp³-hybridized carbons (Fsp3) is 0.182. The van der Waals surface area contributed by atoms with Crippen molar-refractivity contribution in [3.63, 3.8) is 0 Å². The Hall–Kier alpha value is -1.48. The minimum atomic E-state index is 0.371. The third kappa shape index (κ3) is 4.51. The molecule has 0 aromatic heterocycles. The zero-order valence-electron chi connectivity index (χ0n) is 8.39. The molecule has 0 radical (unpaired) electrons. The van der Waals surface area contributed by atoms with Crippen LogP contribution in [-0.2, 0) is 4.84 Å². The summed E-state index contributed by atoms with van der Waals surface area (Å²) in [6.45, 7) is 0.371. The van der Waals surface area contributed by atoms with Crippen LogP contribution in [0.25, 0.3) is 0 Å². The fourth-order valence-electron chi connectivity index (χ4n) is 0.911. The van der Waals surface area contributed by atoms with Gasteiger partial charge in [0.2, 0.25) is 0 Å². The zero-order chi connectivity index (χ0) is 10.9. The fourth-order valence-corrected chi connectivity index (χ4v) is 0.983. The van der Waals surface area contributed by atoms with Crippen LogP contribution >= 0.6 is 11.6 Å². The van der Waals surface area contributed by atoms with E-state index in [0.29, 0.717) is 6.61 Å². The molecule has 0 heterocycles. The van der Waals surface area contributed by atoms with E-state index in [2.05, 4.69) is 5.16 Å². The van der Waals surface area contributed by atoms with Crippen LogP contribution in [0.15, 0.2) is 41.0 Å². The molecule has 15 heavy (non-hydrogen) atoms. The molecule has 80 valence electrons. The predicted molar refractivity (Wildman–Crippen MR) is 61.5 cm³/mol. The molecular formula is C11H12ClNO2. The molecule has 0 spiro atoms. The van der Waals surface area contributed by atoms with Gasteiger partial charge in [0.25, 0.3) is 0 Å². The molecular weight excluding hydrogens is 214 g/mol. The molecule has 0 amide bonds. The van der Waals surface area contributed by atoms with Crippen LogP contribution in [0.2, 0.25) is 0 Å². The van der Waals surface area contributed by atoms with Gasteiger partial charge in [0.05, 0.1) is 13.3 Å². The second-order valence-corrected chi connectivity index (χ2v) is 2.92. The topological polar surface area (TPSA) is 30.8 Å². The number of hydrogen-bond acceptors (Lipinski definition) is 3. The number of hydrogen-bond donors (Lipinski definition) is 0. The van der Waals surface area contributed by atoms with Gasteiger partial charge in [-0.2, -0.15) is 0 Å². The Balaban J connectivity index is 2.42. The van der Waals surface area contributed by atoms with Crippen LogP contribution in [0, 0.1) is 0 Å². The van der Waals surface area contributed by atoms with Crippen LogP contribution in [0.3, 0.4) is 0 Å². The summed E-state index contributed by atoms with van der Waals surface area (Å²) in [4.78, 5) is 4.90. The van der Waals surface area contributed by atoms with Gasteiger partial charge in [-0.05, 0) is 35.9 Å². The van der Waals surface area contributed by atoms with E-state index in [1.54, 1.807) is 19.4 Å². The van der Waals surface area contributed by atoms with Crippen molar-refractivity contribution in [3.8, 4) is 5.75 Å². The maximum atomic E-state index is 5.30. The summed E-state index contributed by atoms with van der Waals surface area (Å²) in [6, 6.07) is 7.51. The molecule has 0 aliphatic carbocycles. The van der Waals surface area contributed by atoms with E-state index in [1.165, 1.54) is 5.54 Å². The largest absolute Gasteiger partial charge is 0.497 e. The zero-order valence-corrected chi connectivity index (χ0v) is 9.15. The molecule has 4 heteroatoms. The van der Waals surface area contributed by atoms with Crippen LogP contribution < -0.4 is 4.74 Å². The third-order valence-electron chi connectivity index (χ3n) is 1.65. The monoisotopic (exact) mass is 225 g/mol. The van der Waals surface area contributed by atoms with E-state index >= 15 is 0 Å². The lowest BCUT2D eigenvalue weighted by atomic mass is 10.2. The molecule has 0 atom stereocenters. The van der Waals surface area contributed by atoms with Gasteiger partial charge in [-0.3, -0.25) is 0 Å². The SMILES string of the molecule is COc1ccc(/C=N/OC/C=C/Cl)cc1.